The van der Waals surface area contributed by atoms with Crippen molar-refractivity contribution in [1.82, 2.24) is 25.5 Å². The quantitative estimate of drug-likeness (QED) is 0.282. The Morgan fingerprint density at radius 1 is 1.11 bits per heavy atom. The Morgan fingerprint density at radius 3 is 2.43 bits per heavy atom. The zero-order valence-corrected chi connectivity index (χ0v) is 20.1. The largest absolute Gasteiger partial charge is 0.479 e. The normalized spacial score (nSPS) is 11.9. The van der Waals surface area contributed by atoms with Crippen LogP contribution in [-0.4, -0.2) is 48.5 Å². The number of nitrogens with one attached hydrogen (secondary N) is 1. The molecule has 182 valence electrons. The third kappa shape index (κ3) is 6.50. The van der Waals surface area contributed by atoms with E-state index in [1.807, 2.05) is 62.4 Å². The van der Waals surface area contributed by atoms with E-state index >= 15 is 0 Å². The van der Waals surface area contributed by atoms with E-state index in [-0.39, 0.29) is 12.5 Å². The summed E-state index contributed by atoms with van der Waals surface area (Å²) in [5.74, 6) is -0.919. The van der Waals surface area contributed by atoms with Crippen LogP contribution in [0, 0.1) is 0 Å². The summed E-state index contributed by atoms with van der Waals surface area (Å²) in [5.41, 5.74) is 4.08. The predicted octanol–water partition coefficient (Wildman–Crippen LogP) is 5.03. The van der Waals surface area contributed by atoms with Crippen LogP contribution in [0.3, 0.4) is 0 Å². The number of aliphatic carboxylic acids is 1. The Balaban J connectivity index is 1.90. The average molecular weight is 474 g/mol. The first kappa shape index (κ1) is 25.6. The molecule has 0 aliphatic heterocycles. The molecule has 3 rings (SSSR count). The molecule has 0 aliphatic rings. The maximum atomic E-state index is 13.0. The zero-order valence-electron chi connectivity index (χ0n) is 20.1. The van der Waals surface area contributed by atoms with Crippen LogP contribution >= 0.6 is 0 Å². The van der Waals surface area contributed by atoms with Crippen LogP contribution in [-0.2, 0) is 16.1 Å². The van der Waals surface area contributed by atoms with Crippen LogP contribution in [0.1, 0.15) is 45.1 Å². The second-order valence-electron chi connectivity index (χ2n) is 8.26. The summed E-state index contributed by atoms with van der Waals surface area (Å²) < 4.78 is 0. The summed E-state index contributed by atoms with van der Waals surface area (Å²) in [6.07, 6.45) is 6.16. The molecule has 1 unspecified atom stereocenters. The molecule has 1 aromatic heterocycles. The van der Waals surface area contributed by atoms with Gasteiger partial charge < -0.3 is 10.0 Å². The van der Waals surface area contributed by atoms with E-state index in [1.54, 1.807) is 6.08 Å². The van der Waals surface area contributed by atoms with Crippen molar-refractivity contribution in [3.05, 3.63) is 78.4 Å². The molecule has 0 aliphatic carbocycles. The summed E-state index contributed by atoms with van der Waals surface area (Å²) in [4.78, 5) is 26.6. The van der Waals surface area contributed by atoms with Crippen molar-refractivity contribution in [2.24, 2.45) is 0 Å². The molecule has 0 spiro atoms. The van der Waals surface area contributed by atoms with Crippen LogP contribution in [0.25, 0.3) is 22.5 Å². The summed E-state index contributed by atoms with van der Waals surface area (Å²) in [6.45, 7) is 8.12. The Kier molecular flexibility index (Phi) is 9.06. The van der Waals surface area contributed by atoms with Crippen molar-refractivity contribution >= 4 is 11.9 Å². The molecule has 35 heavy (non-hydrogen) atoms. The maximum absolute atomic E-state index is 13.0. The van der Waals surface area contributed by atoms with Gasteiger partial charge in [0.2, 0.25) is 11.7 Å². The van der Waals surface area contributed by atoms with Gasteiger partial charge in [-0.05, 0) is 52.8 Å². The van der Waals surface area contributed by atoms with Gasteiger partial charge in [0.25, 0.3) is 0 Å². The molecule has 0 saturated carbocycles. The van der Waals surface area contributed by atoms with E-state index in [1.165, 1.54) is 11.0 Å². The molecule has 0 bridgehead atoms. The minimum Gasteiger partial charge on any atom is -0.479 e. The summed E-state index contributed by atoms with van der Waals surface area (Å²) in [7, 11) is 0. The second-order valence-corrected chi connectivity index (χ2v) is 8.26. The highest BCUT2D eigenvalue weighted by Crippen LogP contribution is 2.30. The number of aromatic nitrogens is 4. The van der Waals surface area contributed by atoms with Crippen molar-refractivity contribution in [3.8, 4) is 22.5 Å². The van der Waals surface area contributed by atoms with Gasteiger partial charge in [0, 0.05) is 12.1 Å². The van der Waals surface area contributed by atoms with Crippen LogP contribution in [0.4, 0.5) is 0 Å². The molecule has 1 atom stereocenters. The van der Waals surface area contributed by atoms with Gasteiger partial charge in [-0.1, -0.05) is 81.5 Å². The first-order chi connectivity index (χ1) is 17.0. The van der Waals surface area contributed by atoms with Crippen LogP contribution in [0.15, 0.2) is 72.8 Å². The third-order valence-electron chi connectivity index (χ3n) is 5.69. The van der Waals surface area contributed by atoms with Crippen LogP contribution in [0.2, 0.25) is 0 Å². The summed E-state index contributed by atoms with van der Waals surface area (Å²) >= 11 is 0. The van der Waals surface area contributed by atoms with Gasteiger partial charge in [-0.2, -0.15) is 5.21 Å². The molecule has 1 heterocycles. The van der Waals surface area contributed by atoms with Crippen molar-refractivity contribution in [1.29, 1.82) is 0 Å². The van der Waals surface area contributed by atoms with Gasteiger partial charge in [-0.3, -0.25) is 4.79 Å². The maximum Gasteiger partial charge on any atom is 0.330 e. The van der Waals surface area contributed by atoms with Crippen molar-refractivity contribution in [2.45, 2.75) is 52.1 Å². The molecular weight excluding hydrogens is 442 g/mol. The lowest BCUT2D eigenvalue weighted by atomic mass is 9.97. The molecule has 8 nitrogen and oxygen atoms in total. The number of carboxylic acids is 1. The zero-order chi connectivity index (χ0) is 25.2. The van der Waals surface area contributed by atoms with Crippen molar-refractivity contribution in [3.63, 3.8) is 0 Å². The highest BCUT2D eigenvalue weighted by atomic mass is 16.4. The van der Waals surface area contributed by atoms with E-state index in [0.717, 1.165) is 35.1 Å². The number of carboxylic acid groups (broad SMARTS) is 1. The van der Waals surface area contributed by atoms with E-state index in [9.17, 15) is 14.7 Å². The number of hydrogen-bond acceptors (Lipinski definition) is 5. The highest BCUT2D eigenvalue weighted by molar-refractivity contribution is 5.92. The highest BCUT2D eigenvalue weighted by Gasteiger charge is 2.31. The summed E-state index contributed by atoms with van der Waals surface area (Å²) in [5, 5.41) is 24.3. The standard InChI is InChI=1S/C27H31N5O3/c1-4-6-10-19(3)25(27(34)35)32(24(33)13-7-5-2)18-20-14-16-21(17-15-20)22-11-8-9-12-23(22)26-28-30-31-29-26/h7-9,11-17,25H,3-6,10,18H2,1-2H3,(H,34,35)(H,28,29,30,31). The van der Waals surface area contributed by atoms with E-state index in [0.29, 0.717) is 24.2 Å². The number of amides is 1. The van der Waals surface area contributed by atoms with Crippen LogP contribution in [0.5, 0.6) is 0 Å². The lowest BCUT2D eigenvalue weighted by Crippen LogP contribution is -2.45. The van der Waals surface area contributed by atoms with Gasteiger partial charge in [0.05, 0.1) is 0 Å². The monoisotopic (exact) mass is 473 g/mol. The fraction of sp³-hybridized carbons (Fsp3) is 0.296. The van der Waals surface area contributed by atoms with Gasteiger partial charge in [0.15, 0.2) is 6.04 Å². The Bertz CT molecular complexity index is 1170. The van der Waals surface area contributed by atoms with Gasteiger partial charge >= 0.3 is 5.97 Å². The molecule has 3 aromatic rings. The molecule has 8 heteroatoms. The number of unbranched alkanes of at least 4 members (excludes halogenated alkanes) is 1. The van der Waals surface area contributed by atoms with Crippen molar-refractivity contribution < 1.29 is 14.7 Å². The van der Waals surface area contributed by atoms with E-state index in [4.69, 9.17) is 0 Å². The van der Waals surface area contributed by atoms with Gasteiger partial charge in [-0.15, -0.1) is 10.2 Å². The number of H-pyrrole nitrogens is 1. The Labute approximate surface area is 205 Å². The minimum absolute atomic E-state index is 0.155. The molecule has 0 radical (unpaired) electrons. The number of benzene rings is 2. The van der Waals surface area contributed by atoms with Crippen molar-refractivity contribution in [2.75, 3.05) is 0 Å². The molecule has 1 amide bonds. The first-order valence-electron chi connectivity index (χ1n) is 11.8. The Hall–Kier alpha value is -4.07. The Morgan fingerprint density at radius 2 is 1.83 bits per heavy atom. The smallest absolute Gasteiger partial charge is 0.330 e. The van der Waals surface area contributed by atoms with Gasteiger partial charge in [0.1, 0.15) is 0 Å². The topological polar surface area (TPSA) is 112 Å². The number of allylic oxidation sites excluding steroid dienone is 1. The molecule has 2 aromatic carbocycles. The predicted molar refractivity (Wildman–Crippen MR) is 135 cm³/mol. The third-order valence-corrected chi connectivity index (χ3v) is 5.69. The number of tetrazole rings is 1. The van der Waals surface area contributed by atoms with Gasteiger partial charge in [-0.25, -0.2) is 4.79 Å². The number of nitrogens with zero attached hydrogens (tertiary/aromatic N) is 4. The SMILES string of the molecule is C=C(CCCC)C(C(=O)O)N(Cc1ccc(-c2ccccc2-c2nn[nH]n2)cc1)C(=O)C=CCC. The molecular formula is C27H31N5O3. The number of hydrogen-bond donors (Lipinski definition) is 2. The fourth-order valence-corrected chi connectivity index (χ4v) is 3.87. The molecule has 0 saturated heterocycles. The number of carbonyl (C=O) groups excluding carboxylic acids is 1. The minimum atomic E-state index is -1.09. The first-order valence-corrected chi connectivity index (χ1v) is 11.8. The van der Waals surface area contributed by atoms with E-state index in [2.05, 4.69) is 27.2 Å². The molecule has 2 N–H and O–H groups in total. The summed E-state index contributed by atoms with van der Waals surface area (Å²) in [6, 6.07) is 14.4. The van der Waals surface area contributed by atoms with E-state index < -0.39 is 12.0 Å². The number of rotatable bonds is 12. The number of carbonyl (C=O) groups is 2. The number of aromatic amines is 1. The fourth-order valence-electron chi connectivity index (χ4n) is 3.87. The second kappa shape index (κ2) is 12.4. The lowest BCUT2D eigenvalue weighted by molar-refractivity contribution is -0.147. The average Bonchev–Trinajstić information content (AvgIpc) is 3.41. The van der Waals surface area contributed by atoms with Crippen LogP contribution < -0.4 is 0 Å². The lowest BCUT2D eigenvalue weighted by Gasteiger charge is -2.30. The molecule has 0 fully saturated rings.